The molecule has 0 bridgehead atoms. The average molecular weight is 318 g/mol. The number of imidazole rings is 1. The Labute approximate surface area is 137 Å². The molecule has 0 aliphatic heterocycles. The van der Waals surface area contributed by atoms with Crippen LogP contribution >= 0.6 is 0 Å². The summed E-state index contributed by atoms with van der Waals surface area (Å²) in [6, 6.07) is 16.4. The van der Waals surface area contributed by atoms with Gasteiger partial charge < -0.3 is 9.67 Å². The first kappa shape index (κ1) is 14.2. The lowest BCUT2D eigenvalue weighted by Crippen LogP contribution is -2.03. The minimum Gasteiger partial charge on any atom is -0.478 e. The van der Waals surface area contributed by atoms with Gasteiger partial charge in [-0.2, -0.15) is 5.10 Å². The summed E-state index contributed by atoms with van der Waals surface area (Å²) in [4.78, 5) is 15.7. The van der Waals surface area contributed by atoms with Gasteiger partial charge in [0.25, 0.3) is 0 Å². The number of hydrogen-bond acceptors (Lipinski definition) is 3. The first-order chi connectivity index (χ1) is 11.6. The van der Waals surface area contributed by atoms with Crippen LogP contribution in [-0.4, -0.2) is 30.4 Å². The smallest absolute Gasteiger partial charge is 0.335 e. The molecule has 0 amide bonds. The number of carboxylic acids is 1. The van der Waals surface area contributed by atoms with Crippen LogP contribution in [0.4, 0.5) is 0 Å². The number of aromatic carboxylic acids is 1. The van der Waals surface area contributed by atoms with Crippen LogP contribution in [0, 0.1) is 0 Å². The Balaban J connectivity index is 1.84. The molecule has 0 radical (unpaired) electrons. The van der Waals surface area contributed by atoms with Gasteiger partial charge in [0.2, 0.25) is 0 Å². The molecule has 24 heavy (non-hydrogen) atoms. The predicted octanol–water partition coefficient (Wildman–Crippen LogP) is 3.12. The van der Waals surface area contributed by atoms with E-state index < -0.39 is 5.97 Å². The minimum atomic E-state index is -0.947. The molecular weight excluding hydrogens is 304 g/mol. The van der Waals surface area contributed by atoms with E-state index in [-0.39, 0.29) is 5.56 Å². The van der Waals surface area contributed by atoms with Crippen molar-refractivity contribution in [3.8, 4) is 17.2 Å². The van der Waals surface area contributed by atoms with E-state index in [4.69, 9.17) is 10.1 Å². The maximum absolute atomic E-state index is 11.0. The maximum atomic E-state index is 11.0. The standard InChI is InChI=1S/C18H14N4O2/c1-21-15-5-3-2-4-14(15)20-17(21)16-10-11-19-22(16)13-8-6-12(7-9-13)18(23)24/h2-11H,1H3,(H,23,24). The van der Waals surface area contributed by atoms with Crippen LogP contribution in [-0.2, 0) is 7.05 Å². The second-order valence-electron chi connectivity index (χ2n) is 5.46. The van der Waals surface area contributed by atoms with Crippen molar-refractivity contribution >= 4 is 17.0 Å². The van der Waals surface area contributed by atoms with E-state index in [1.54, 1.807) is 35.1 Å². The van der Waals surface area contributed by atoms with Crippen LogP contribution in [0.2, 0.25) is 0 Å². The molecule has 0 fully saturated rings. The van der Waals surface area contributed by atoms with Crippen molar-refractivity contribution in [2.45, 2.75) is 0 Å². The van der Waals surface area contributed by atoms with Crippen LogP contribution in [0.1, 0.15) is 10.4 Å². The number of aromatic nitrogens is 4. The Hall–Kier alpha value is -3.41. The molecule has 6 heteroatoms. The normalized spacial score (nSPS) is 11.0. The van der Waals surface area contributed by atoms with E-state index in [2.05, 4.69) is 5.10 Å². The number of hydrogen-bond donors (Lipinski definition) is 1. The van der Waals surface area contributed by atoms with Gasteiger partial charge in [-0.05, 0) is 42.5 Å². The van der Waals surface area contributed by atoms with Crippen molar-refractivity contribution < 1.29 is 9.90 Å². The van der Waals surface area contributed by atoms with Gasteiger partial charge in [0.1, 0.15) is 5.69 Å². The summed E-state index contributed by atoms with van der Waals surface area (Å²) in [6.07, 6.45) is 1.71. The molecule has 4 rings (SSSR count). The van der Waals surface area contributed by atoms with Crippen LogP contribution in [0.3, 0.4) is 0 Å². The lowest BCUT2D eigenvalue weighted by atomic mass is 10.2. The van der Waals surface area contributed by atoms with E-state index in [1.807, 2.05) is 41.9 Å². The molecule has 0 aliphatic rings. The Morgan fingerprint density at radius 3 is 2.50 bits per heavy atom. The number of aryl methyl sites for hydroxylation is 1. The summed E-state index contributed by atoms with van der Waals surface area (Å²) >= 11 is 0. The summed E-state index contributed by atoms with van der Waals surface area (Å²) in [5.74, 6) is -0.145. The number of carbonyl (C=O) groups is 1. The SMILES string of the molecule is Cn1c(-c2ccnn2-c2ccc(C(=O)O)cc2)nc2ccccc21. The lowest BCUT2D eigenvalue weighted by molar-refractivity contribution is 0.0697. The van der Waals surface area contributed by atoms with E-state index in [1.165, 1.54) is 0 Å². The van der Waals surface area contributed by atoms with Gasteiger partial charge in [-0.1, -0.05) is 12.1 Å². The molecule has 0 spiro atoms. The van der Waals surface area contributed by atoms with Gasteiger partial charge in [-0.15, -0.1) is 0 Å². The monoisotopic (exact) mass is 318 g/mol. The van der Waals surface area contributed by atoms with E-state index in [0.717, 1.165) is 28.2 Å². The summed E-state index contributed by atoms with van der Waals surface area (Å²) in [7, 11) is 1.97. The van der Waals surface area contributed by atoms with Crippen LogP contribution in [0.25, 0.3) is 28.2 Å². The van der Waals surface area contributed by atoms with Gasteiger partial charge in [-0.3, -0.25) is 0 Å². The van der Waals surface area contributed by atoms with Crippen LogP contribution in [0.5, 0.6) is 0 Å². The highest BCUT2D eigenvalue weighted by Gasteiger charge is 2.15. The first-order valence-corrected chi connectivity index (χ1v) is 7.45. The quantitative estimate of drug-likeness (QED) is 0.630. The second kappa shape index (κ2) is 5.34. The highest BCUT2D eigenvalue weighted by atomic mass is 16.4. The van der Waals surface area contributed by atoms with Crippen molar-refractivity contribution in [3.05, 3.63) is 66.4 Å². The lowest BCUT2D eigenvalue weighted by Gasteiger charge is -2.08. The fraction of sp³-hybridized carbons (Fsp3) is 0.0556. The third-order valence-corrected chi connectivity index (χ3v) is 4.02. The summed E-state index contributed by atoms with van der Waals surface area (Å²) < 4.78 is 3.78. The van der Waals surface area contributed by atoms with Crippen molar-refractivity contribution in [1.82, 2.24) is 19.3 Å². The Morgan fingerprint density at radius 1 is 1.04 bits per heavy atom. The average Bonchev–Trinajstić information content (AvgIpc) is 3.20. The van der Waals surface area contributed by atoms with Crippen molar-refractivity contribution in [3.63, 3.8) is 0 Å². The first-order valence-electron chi connectivity index (χ1n) is 7.45. The van der Waals surface area contributed by atoms with Crippen molar-refractivity contribution in [2.75, 3.05) is 0 Å². The molecule has 4 aromatic rings. The number of nitrogens with zero attached hydrogens (tertiary/aromatic N) is 4. The van der Waals surface area contributed by atoms with Gasteiger partial charge in [0.05, 0.1) is 28.5 Å². The third-order valence-electron chi connectivity index (χ3n) is 4.02. The van der Waals surface area contributed by atoms with Gasteiger partial charge >= 0.3 is 5.97 Å². The van der Waals surface area contributed by atoms with E-state index >= 15 is 0 Å². The summed E-state index contributed by atoms with van der Waals surface area (Å²) in [6.45, 7) is 0. The van der Waals surface area contributed by atoms with Gasteiger partial charge in [0, 0.05) is 7.05 Å². The zero-order valence-electron chi connectivity index (χ0n) is 12.9. The Morgan fingerprint density at radius 2 is 1.79 bits per heavy atom. The highest BCUT2D eigenvalue weighted by molar-refractivity contribution is 5.87. The van der Waals surface area contributed by atoms with Gasteiger partial charge in [-0.25, -0.2) is 14.5 Å². The van der Waals surface area contributed by atoms with Crippen LogP contribution in [0.15, 0.2) is 60.8 Å². The largest absolute Gasteiger partial charge is 0.478 e. The Bertz CT molecular complexity index is 1040. The third kappa shape index (κ3) is 2.16. The second-order valence-corrected chi connectivity index (χ2v) is 5.46. The van der Waals surface area contributed by atoms with E-state index in [9.17, 15) is 4.79 Å². The predicted molar refractivity (Wildman–Crippen MR) is 90.2 cm³/mol. The maximum Gasteiger partial charge on any atom is 0.335 e. The van der Waals surface area contributed by atoms with Gasteiger partial charge in [0.15, 0.2) is 5.82 Å². The molecule has 2 heterocycles. The van der Waals surface area contributed by atoms with Crippen molar-refractivity contribution in [1.29, 1.82) is 0 Å². The molecule has 1 N–H and O–H groups in total. The highest BCUT2D eigenvalue weighted by Crippen LogP contribution is 2.25. The Kier molecular flexibility index (Phi) is 3.16. The molecular formula is C18H14N4O2. The number of benzene rings is 2. The molecule has 6 nitrogen and oxygen atoms in total. The number of carboxylic acid groups (broad SMARTS) is 1. The van der Waals surface area contributed by atoms with Crippen LogP contribution < -0.4 is 0 Å². The molecule has 0 unspecified atom stereocenters. The fourth-order valence-corrected chi connectivity index (χ4v) is 2.80. The molecule has 0 aliphatic carbocycles. The van der Waals surface area contributed by atoms with E-state index in [0.29, 0.717) is 0 Å². The summed E-state index contributed by atoms with van der Waals surface area (Å²) in [5.41, 5.74) is 3.84. The fourth-order valence-electron chi connectivity index (χ4n) is 2.80. The number of fused-ring (bicyclic) bond motifs is 1. The minimum absolute atomic E-state index is 0.246. The molecule has 0 saturated heterocycles. The number of para-hydroxylation sites is 2. The molecule has 0 saturated carbocycles. The summed E-state index contributed by atoms with van der Waals surface area (Å²) in [5, 5.41) is 13.4. The molecule has 2 aromatic carbocycles. The molecule has 118 valence electrons. The molecule has 2 aromatic heterocycles. The van der Waals surface area contributed by atoms with Crippen molar-refractivity contribution in [2.24, 2.45) is 7.05 Å². The topological polar surface area (TPSA) is 72.9 Å². The number of rotatable bonds is 3. The zero-order valence-corrected chi connectivity index (χ0v) is 12.9. The molecule has 0 atom stereocenters. The zero-order chi connectivity index (χ0) is 16.7.